The van der Waals surface area contributed by atoms with Crippen molar-refractivity contribution in [1.29, 1.82) is 0 Å². The summed E-state index contributed by atoms with van der Waals surface area (Å²) in [5.74, 6) is 0.803. The molecule has 7 nitrogen and oxygen atoms in total. The van der Waals surface area contributed by atoms with Gasteiger partial charge >= 0.3 is 0 Å². The highest BCUT2D eigenvalue weighted by molar-refractivity contribution is 7.89. The molecular formula is C19H24N2O5S. The highest BCUT2D eigenvalue weighted by Gasteiger charge is 2.24. The first kappa shape index (κ1) is 20.7. The van der Waals surface area contributed by atoms with Crippen molar-refractivity contribution >= 4 is 15.9 Å². The number of nitrogens with zero attached hydrogens (tertiary/aromatic N) is 1. The Labute approximate surface area is 160 Å². The Morgan fingerprint density at radius 2 is 1.70 bits per heavy atom. The first-order valence-corrected chi connectivity index (χ1v) is 9.76. The van der Waals surface area contributed by atoms with Crippen LogP contribution in [0.15, 0.2) is 53.4 Å². The molecule has 0 radical (unpaired) electrons. The summed E-state index contributed by atoms with van der Waals surface area (Å²) < 4.78 is 36.6. The Bertz CT molecular complexity index is 881. The number of carbonyl (C=O) groups excluding carboxylic acids is 1. The fourth-order valence-electron chi connectivity index (χ4n) is 2.60. The van der Waals surface area contributed by atoms with E-state index in [0.29, 0.717) is 11.5 Å². The van der Waals surface area contributed by atoms with Gasteiger partial charge in [0.1, 0.15) is 11.5 Å². The normalized spacial score (nSPS) is 12.5. The molecule has 1 amide bonds. The van der Waals surface area contributed by atoms with Crippen LogP contribution in [0.1, 0.15) is 18.5 Å². The highest BCUT2D eigenvalue weighted by atomic mass is 32.2. The van der Waals surface area contributed by atoms with Crippen LogP contribution in [0.3, 0.4) is 0 Å². The molecule has 0 bridgehead atoms. The maximum absolute atomic E-state index is 12.6. The lowest BCUT2D eigenvalue weighted by Gasteiger charge is -2.20. The van der Waals surface area contributed by atoms with Crippen LogP contribution >= 0.6 is 0 Å². The molecule has 0 unspecified atom stereocenters. The van der Waals surface area contributed by atoms with E-state index < -0.39 is 15.9 Å². The number of benzene rings is 2. The van der Waals surface area contributed by atoms with Crippen molar-refractivity contribution in [3.8, 4) is 11.5 Å². The maximum Gasteiger partial charge on any atom is 0.243 e. The fourth-order valence-corrected chi connectivity index (χ4v) is 3.73. The number of para-hydroxylation sites is 1. The fraction of sp³-hybridized carbons (Fsp3) is 0.316. The number of hydrogen-bond acceptors (Lipinski definition) is 5. The van der Waals surface area contributed by atoms with E-state index in [1.54, 1.807) is 25.3 Å². The molecule has 0 spiro atoms. The van der Waals surface area contributed by atoms with Crippen molar-refractivity contribution in [3.05, 3.63) is 54.1 Å². The molecule has 0 heterocycles. The van der Waals surface area contributed by atoms with E-state index >= 15 is 0 Å². The zero-order chi connectivity index (χ0) is 20.0. The number of likely N-dealkylation sites (N-methyl/N-ethyl adjacent to an activating group) is 1. The second kappa shape index (κ2) is 8.88. The second-order valence-electron chi connectivity index (χ2n) is 5.97. The summed E-state index contributed by atoms with van der Waals surface area (Å²) in [5, 5.41) is 2.80. The third-order valence-electron chi connectivity index (χ3n) is 4.12. The van der Waals surface area contributed by atoms with Gasteiger partial charge in [-0.3, -0.25) is 4.79 Å². The van der Waals surface area contributed by atoms with Crippen molar-refractivity contribution in [2.75, 3.05) is 27.8 Å². The van der Waals surface area contributed by atoms with Gasteiger partial charge in [0.25, 0.3) is 0 Å². The van der Waals surface area contributed by atoms with Crippen molar-refractivity contribution in [1.82, 2.24) is 9.62 Å². The van der Waals surface area contributed by atoms with Gasteiger partial charge < -0.3 is 14.8 Å². The molecule has 0 aliphatic rings. The molecule has 27 heavy (non-hydrogen) atoms. The smallest absolute Gasteiger partial charge is 0.243 e. The number of amides is 1. The molecule has 1 N–H and O–H groups in total. The standard InChI is InChI=1S/C19H24N2O5S/c1-14(17-7-5-6-8-18(17)26-4)20-19(22)13-21(2)27(23,24)16-11-9-15(25-3)10-12-16/h5-12,14H,13H2,1-4H3,(H,20,22)/t14-/m0/s1. The van der Waals surface area contributed by atoms with Gasteiger partial charge in [-0.1, -0.05) is 18.2 Å². The van der Waals surface area contributed by atoms with Crippen molar-refractivity contribution < 1.29 is 22.7 Å². The molecule has 0 saturated carbocycles. The van der Waals surface area contributed by atoms with Crippen LogP contribution in [0.5, 0.6) is 11.5 Å². The van der Waals surface area contributed by atoms with Crippen molar-refractivity contribution in [3.63, 3.8) is 0 Å². The average molecular weight is 392 g/mol. The van der Waals surface area contributed by atoms with E-state index in [9.17, 15) is 13.2 Å². The molecule has 0 aromatic heterocycles. The SMILES string of the molecule is COc1ccc(S(=O)(=O)N(C)CC(=O)N[C@@H](C)c2ccccc2OC)cc1. The van der Waals surface area contributed by atoms with Crippen molar-refractivity contribution in [2.24, 2.45) is 0 Å². The third-order valence-corrected chi connectivity index (χ3v) is 5.93. The zero-order valence-corrected chi connectivity index (χ0v) is 16.6. The van der Waals surface area contributed by atoms with E-state index in [1.807, 2.05) is 25.1 Å². The van der Waals surface area contributed by atoms with Crippen LogP contribution < -0.4 is 14.8 Å². The van der Waals surface area contributed by atoms with Gasteiger partial charge in [-0.2, -0.15) is 4.31 Å². The minimum Gasteiger partial charge on any atom is -0.497 e. The summed E-state index contributed by atoms with van der Waals surface area (Å²) in [6.45, 7) is 1.52. The molecule has 146 valence electrons. The van der Waals surface area contributed by atoms with E-state index in [0.717, 1.165) is 9.87 Å². The van der Waals surface area contributed by atoms with Crippen LogP contribution in [-0.4, -0.2) is 46.4 Å². The Balaban J connectivity index is 2.05. The van der Waals surface area contributed by atoms with Crippen LogP contribution in [0, 0.1) is 0 Å². The molecule has 8 heteroatoms. The predicted octanol–water partition coefficient (Wildman–Crippen LogP) is 2.20. The number of rotatable bonds is 8. The minimum absolute atomic E-state index is 0.0939. The van der Waals surface area contributed by atoms with E-state index in [4.69, 9.17) is 9.47 Å². The van der Waals surface area contributed by atoms with Crippen molar-refractivity contribution in [2.45, 2.75) is 17.9 Å². The quantitative estimate of drug-likeness (QED) is 0.744. The molecule has 2 aromatic carbocycles. The number of nitrogens with one attached hydrogen (secondary N) is 1. The highest BCUT2D eigenvalue weighted by Crippen LogP contribution is 2.24. The molecular weight excluding hydrogens is 368 g/mol. The van der Waals surface area contributed by atoms with Crippen LogP contribution in [0.2, 0.25) is 0 Å². The summed E-state index contributed by atoms with van der Waals surface area (Å²) in [4.78, 5) is 12.4. The van der Waals surface area contributed by atoms with Gasteiger partial charge in [-0.25, -0.2) is 8.42 Å². The maximum atomic E-state index is 12.6. The van der Waals surface area contributed by atoms with Gasteiger partial charge in [-0.15, -0.1) is 0 Å². The van der Waals surface area contributed by atoms with Gasteiger partial charge in [0.05, 0.1) is 31.7 Å². The first-order chi connectivity index (χ1) is 12.8. The Morgan fingerprint density at radius 1 is 1.07 bits per heavy atom. The number of sulfonamides is 1. The lowest BCUT2D eigenvalue weighted by atomic mass is 10.1. The Kier molecular flexibility index (Phi) is 6.81. The lowest BCUT2D eigenvalue weighted by Crippen LogP contribution is -2.39. The van der Waals surface area contributed by atoms with Gasteiger partial charge in [0.2, 0.25) is 15.9 Å². The number of hydrogen-bond donors (Lipinski definition) is 1. The van der Waals surface area contributed by atoms with Crippen LogP contribution in [0.25, 0.3) is 0 Å². The van der Waals surface area contributed by atoms with Gasteiger partial charge in [0.15, 0.2) is 0 Å². The Morgan fingerprint density at radius 3 is 2.30 bits per heavy atom. The van der Waals surface area contributed by atoms with Gasteiger partial charge in [0, 0.05) is 12.6 Å². The Hall–Kier alpha value is -2.58. The van der Waals surface area contributed by atoms with Gasteiger partial charge in [-0.05, 0) is 37.3 Å². The summed E-state index contributed by atoms with van der Waals surface area (Å²) >= 11 is 0. The van der Waals surface area contributed by atoms with E-state index in [-0.39, 0.29) is 17.5 Å². The van der Waals surface area contributed by atoms with Crippen LogP contribution in [0.4, 0.5) is 0 Å². The molecule has 2 rings (SSSR count). The topological polar surface area (TPSA) is 84.9 Å². The first-order valence-electron chi connectivity index (χ1n) is 8.32. The largest absolute Gasteiger partial charge is 0.497 e. The van der Waals surface area contributed by atoms with E-state index in [1.165, 1.54) is 26.3 Å². The molecule has 0 aliphatic heterocycles. The number of methoxy groups -OCH3 is 2. The second-order valence-corrected chi connectivity index (χ2v) is 8.01. The predicted molar refractivity (Wildman–Crippen MR) is 102 cm³/mol. The summed E-state index contributed by atoms with van der Waals surface area (Å²) in [6.07, 6.45) is 0. The van der Waals surface area contributed by atoms with E-state index in [2.05, 4.69) is 5.32 Å². The number of ether oxygens (including phenoxy) is 2. The minimum atomic E-state index is -3.78. The molecule has 0 saturated heterocycles. The third kappa shape index (κ3) is 4.99. The number of carbonyl (C=O) groups is 1. The summed E-state index contributed by atoms with van der Waals surface area (Å²) in [6, 6.07) is 13.0. The monoisotopic (exact) mass is 392 g/mol. The average Bonchev–Trinajstić information content (AvgIpc) is 2.67. The molecule has 0 fully saturated rings. The zero-order valence-electron chi connectivity index (χ0n) is 15.8. The lowest BCUT2D eigenvalue weighted by molar-refractivity contribution is -0.121. The molecule has 0 aliphatic carbocycles. The summed E-state index contributed by atoms with van der Waals surface area (Å²) in [5.41, 5.74) is 0.814. The summed E-state index contributed by atoms with van der Waals surface area (Å²) in [7, 11) is 0.649. The molecule has 1 atom stereocenters. The van der Waals surface area contributed by atoms with Crippen LogP contribution in [-0.2, 0) is 14.8 Å². The molecule has 2 aromatic rings.